The lowest BCUT2D eigenvalue weighted by Crippen LogP contribution is -2.31. The lowest BCUT2D eigenvalue weighted by atomic mass is 9.97. The van der Waals surface area contributed by atoms with Crippen molar-refractivity contribution in [3.8, 4) is 5.75 Å². The van der Waals surface area contributed by atoms with Gasteiger partial charge in [-0.25, -0.2) is 9.40 Å². The van der Waals surface area contributed by atoms with E-state index in [0.29, 0.717) is 12.2 Å². The highest BCUT2D eigenvalue weighted by Gasteiger charge is 2.33. The molecule has 0 N–H and O–H groups in total. The molecule has 1 aliphatic heterocycles. The first-order chi connectivity index (χ1) is 18.0. The van der Waals surface area contributed by atoms with E-state index in [1.54, 1.807) is 19.2 Å². The number of amides is 1. The Labute approximate surface area is 213 Å². The second-order valence-electron chi connectivity index (χ2n) is 8.77. The van der Waals surface area contributed by atoms with Crippen molar-refractivity contribution in [2.45, 2.75) is 18.9 Å². The van der Waals surface area contributed by atoms with Gasteiger partial charge in [0.2, 0.25) is 0 Å². The van der Waals surface area contributed by atoms with Crippen LogP contribution in [0.5, 0.6) is 5.75 Å². The van der Waals surface area contributed by atoms with Gasteiger partial charge in [0.25, 0.3) is 5.91 Å². The maximum atomic E-state index is 13.9. The van der Waals surface area contributed by atoms with Crippen LogP contribution >= 0.6 is 0 Å². The second-order valence-corrected chi connectivity index (χ2v) is 8.77. The number of hydrazone groups is 1. The molecule has 1 atom stereocenters. The molecule has 0 bridgehead atoms. The highest BCUT2D eigenvalue weighted by Crippen LogP contribution is 2.34. The number of carbonyl (C=O) groups is 2. The van der Waals surface area contributed by atoms with Crippen molar-refractivity contribution in [2.75, 3.05) is 13.7 Å². The number of halogens is 1. The van der Waals surface area contributed by atoms with Crippen LogP contribution in [0.25, 0.3) is 10.8 Å². The fourth-order valence-electron chi connectivity index (χ4n) is 4.43. The summed E-state index contributed by atoms with van der Waals surface area (Å²) in [7, 11) is 1.59. The monoisotopic (exact) mass is 496 g/mol. The van der Waals surface area contributed by atoms with Crippen molar-refractivity contribution in [1.29, 1.82) is 0 Å². The van der Waals surface area contributed by atoms with Crippen LogP contribution in [0.4, 0.5) is 4.39 Å². The van der Waals surface area contributed by atoms with Crippen LogP contribution in [0.3, 0.4) is 0 Å². The molecule has 1 unspecified atom stereocenters. The van der Waals surface area contributed by atoms with Crippen LogP contribution in [0, 0.1) is 5.82 Å². The first kappa shape index (κ1) is 24.2. The van der Waals surface area contributed by atoms with Gasteiger partial charge in [-0.15, -0.1) is 0 Å². The molecule has 7 heteroatoms. The minimum atomic E-state index is -0.683. The zero-order valence-corrected chi connectivity index (χ0v) is 20.3. The zero-order chi connectivity index (χ0) is 25.8. The maximum absolute atomic E-state index is 13.9. The quantitative estimate of drug-likeness (QED) is 0.319. The topological polar surface area (TPSA) is 68.2 Å². The number of esters is 1. The molecule has 0 spiro atoms. The van der Waals surface area contributed by atoms with E-state index in [4.69, 9.17) is 9.47 Å². The molecule has 0 fully saturated rings. The number of nitrogens with zero attached hydrogens (tertiary/aromatic N) is 2. The Kier molecular flexibility index (Phi) is 6.94. The molecule has 5 rings (SSSR count). The largest absolute Gasteiger partial charge is 0.497 e. The minimum Gasteiger partial charge on any atom is -0.497 e. The summed E-state index contributed by atoms with van der Waals surface area (Å²) < 4.78 is 24.4. The average molecular weight is 497 g/mol. The number of fused-ring (bicyclic) bond motifs is 1. The van der Waals surface area contributed by atoms with Crippen molar-refractivity contribution in [2.24, 2.45) is 5.10 Å². The van der Waals surface area contributed by atoms with Crippen LogP contribution < -0.4 is 4.74 Å². The summed E-state index contributed by atoms with van der Waals surface area (Å²) in [5.74, 6) is -0.928. The molecule has 0 aromatic heterocycles. The van der Waals surface area contributed by atoms with Crippen LogP contribution in [0.2, 0.25) is 0 Å². The SMILES string of the molecule is COc1ccc(C2CC(c3ccc4ccccc4c3)=NN2C(=O)COC(=O)Cc2ccccc2F)cc1. The Morgan fingerprint density at radius 3 is 2.43 bits per heavy atom. The van der Waals surface area contributed by atoms with Gasteiger partial charge in [0, 0.05) is 6.42 Å². The van der Waals surface area contributed by atoms with E-state index in [1.165, 1.54) is 17.1 Å². The summed E-state index contributed by atoms with van der Waals surface area (Å²) in [6, 6.07) is 27.2. The molecule has 0 saturated heterocycles. The number of methoxy groups -OCH3 is 1. The van der Waals surface area contributed by atoms with E-state index in [0.717, 1.165) is 27.6 Å². The molecule has 0 aliphatic carbocycles. The second kappa shape index (κ2) is 10.6. The van der Waals surface area contributed by atoms with Crippen LogP contribution in [-0.4, -0.2) is 36.3 Å². The molecular weight excluding hydrogens is 471 g/mol. The third kappa shape index (κ3) is 5.35. The molecule has 1 heterocycles. The lowest BCUT2D eigenvalue weighted by molar-refractivity contribution is -0.152. The third-order valence-corrected chi connectivity index (χ3v) is 6.40. The number of carbonyl (C=O) groups excluding carboxylic acids is 2. The van der Waals surface area contributed by atoms with E-state index in [9.17, 15) is 14.0 Å². The summed E-state index contributed by atoms with van der Waals surface area (Å²) in [6.45, 7) is -0.492. The highest BCUT2D eigenvalue weighted by atomic mass is 19.1. The fraction of sp³-hybridized carbons (Fsp3) is 0.167. The first-order valence-electron chi connectivity index (χ1n) is 11.9. The molecular formula is C30H25FN2O4. The summed E-state index contributed by atoms with van der Waals surface area (Å²) in [4.78, 5) is 25.5. The predicted molar refractivity (Wildman–Crippen MR) is 139 cm³/mol. The van der Waals surface area contributed by atoms with Gasteiger partial charge in [0.05, 0.1) is 25.3 Å². The van der Waals surface area contributed by atoms with Crippen molar-refractivity contribution in [1.82, 2.24) is 5.01 Å². The Balaban J connectivity index is 1.37. The van der Waals surface area contributed by atoms with Crippen molar-refractivity contribution >= 4 is 28.4 Å². The fourth-order valence-corrected chi connectivity index (χ4v) is 4.43. The smallest absolute Gasteiger partial charge is 0.310 e. The number of benzene rings is 4. The molecule has 4 aromatic carbocycles. The standard InChI is InChI=1S/C30H25FN2O4/c1-36-25-14-12-21(13-15-25)28-18-27(24-11-10-20-6-2-3-7-22(20)16-24)32-33(28)29(34)19-37-30(35)17-23-8-4-5-9-26(23)31/h2-16,28H,17-19H2,1H3. The van der Waals surface area contributed by atoms with E-state index in [1.807, 2.05) is 60.7 Å². The van der Waals surface area contributed by atoms with E-state index in [2.05, 4.69) is 11.2 Å². The molecule has 37 heavy (non-hydrogen) atoms. The molecule has 0 saturated carbocycles. The molecule has 4 aromatic rings. The molecule has 186 valence electrons. The van der Waals surface area contributed by atoms with E-state index < -0.39 is 24.3 Å². The summed E-state index contributed by atoms with van der Waals surface area (Å²) in [5.41, 5.74) is 2.78. The van der Waals surface area contributed by atoms with Gasteiger partial charge in [-0.3, -0.25) is 9.59 Å². The summed E-state index contributed by atoms with van der Waals surface area (Å²) >= 11 is 0. The van der Waals surface area contributed by atoms with Gasteiger partial charge in [0.15, 0.2) is 6.61 Å². The zero-order valence-electron chi connectivity index (χ0n) is 20.3. The van der Waals surface area contributed by atoms with Crippen molar-refractivity contribution in [3.05, 3.63) is 114 Å². The molecule has 6 nitrogen and oxygen atoms in total. The number of hydrogen-bond acceptors (Lipinski definition) is 5. The van der Waals surface area contributed by atoms with Crippen molar-refractivity contribution < 1.29 is 23.5 Å². The number of ether oxygens (including phenoxy) is 2. The Bertz CT molecular complexity index is 1480. The normalized spacial score (nSPS) is 14.9. The third-order valence-electron chi connectivity index (χ3n) is 6.40. The number of rotatable bonds is 7. The molecule has 1 aliphatic rings. The van der Waals surface area contributed by atoms with Crippen LogP contribution in [0.1, 0.15) is 29.2 Å². The molecule has 1 amide bonds. The Hall–Kier alpha value is -4.52. The van der Waals surface area contributed by atoms with E-state index in [-0.39, 0.29) is 18.0 Å². The van der Waals surface area contributed by atoms with Crippen LogP contribution in [0.15, 0.2) is 96.1 Å². The van der Waals surface area contributed by atoms with Gasteiger partial charge in [-0.2, -0.15) is 5.10 Å². The highest BCUT2D eigenvalue weighted by molar-refractivity contribution is 6.05. The Morgan fingerprint density at radius 2 is 1.68 bits per heavy atom. The lowest BCUT2D eigenvalue weighted by Gasteiger charge is -2.22. The number of hydrogen-bond donors (Lipinski definition) is 0. The van der Waals surface area contributed by atoms with Gasteiger partial charge in [-0.1, -0.05) is 66.7 Å². The predicted octanol–water partition coefficient (Wildman–Crippen LogP) is 5.45. The van der Waals surface area contributed by atoms with E-state index >= 15 is 0 Å². The Morgan fingerprint density at radius 1 is 0.946 bits per heavy atom. The van der Waals surface area contributed by atoms with Gasteiger partial charge in [0.1, 0.15) is 11.6 Å². The van der Waals surface area contributed by atoms with Crippen LogP contribution in [-0.2, 0) is 20.7 Å². The van der Waals surface area contributed by atoms with Gasteiger partial charge < -0.3 is 9.47 Å². The summed E-state index contributed by atoms with van der Waals surface area (Å²) in [6.07, 6.45) is 0.243. The maximum Gasteiger partial charge on any atom is 0.310 e. The van der Waals surface area contributed by atoms with Gasteiger partial charge in [-0.05, 0) is 51.7 Å². The van der Waals surface area contributed by atoms with Crippen molar-refractivity contribution in [3.63, 3.8) is 0 Å². The average Bonchev–Trinajstić information content (AvgIpc) is 3.38. The van der Waals surface area contributed by atoms with Gasteiger partial charge >= 0.3 is 5.97 Å². The summed E-state index contributed by atoms with van der Waals surface area (Å²) in [5, 5.41) is 8.23. The molecule has 0 radical (unpaired) electrons. The minimum absolute atomic E-state index is 0.217. The first-order valence-corrected chi connectivity index (χ1v) is 11.9.